The third-order valence-electron chi connectivity index (χ3n) is 4.08. The first-order valence-corrected chi connectivity index (χ1v) is 9.57. The van der Waals surface area contributed by atoms with Crippen LogP contribution in [0, 0.1) is 11.3 Å². The van der Waals surface area contributed by atoms with Crippen molar-refractivity contribution in [3.05, 3.63) is 57.7 Å². The van der Waals surface area contributed by atoms with Crippen LogP contribution in [-0.2, 0) is 6.54 Å². The maximum atomic E-state index is 12.5. The highest BCUT2D eigenvalue weighted by Gasteiger charge is 2.31. The molecule has 1 atom stereocenters. The first kappa shape index (κ1) is 21.9. The van der Waals surface area contributed by atoms with Gasteiger partial charge in [-0.2, -0.15) is 10.4 Å². The van der Waals surface area contributed by atoms with Crippen LogP contribution in [0.3, 0.4) is 0 Å². The minimum absolute atomic E-state index is 0.0310. The fourth-order valence-corrected chi connectivity index (χ4v) is 3.31. The topological polar surface area (TPSA) is 79.9 Å². The second kappa shape index (κ2) is 8.16. The van der Waals surface area contributed by atoms with Gasteiger partial charge in [0.15, 0.2) is 0 Å². The number of aromatic nitrogens is 2. The van der Waals surface area contributed by atoms with E-state index in [1.165, 1.54) is 23.7 Å². The van der Waals surface area contributed by atoms with Crippen molar-refractivity contribution < 1.29 is 22.7 Å². The van der Waals surface area contributed by atoms with Gasteiger partial charge in [0.05, 0.1) is 22.1 Å². The van der Waals surface area contributed by atoms with Crippen LogP contribution >= 0.6 is 27.5 Å². The summed E-state index contributed by atoms with van der Waals surface area (Å²) in [4.78, 5) is 12.5. The molecule has 3 aromatic rings. The Labute approximate surface area is 182 Å². The molecule has 1 amide bonds. The number of rotatable bonds is 5. The molecule has 0 saturated heterocycles. The van der Waals surface area contributed by atoms with Crippen molar-refractivity contribution >= 4 is 44.3 Å². The Hall–Kier alpha value is -2.77. The quantitative estimate of drug-likeness (QED) is 0.530. The van der Waals surface area contributed by atoms with Crippen LogP contribution in [0.2, 0.25) is 5.02 Å². The number of carbonyl (C=O) groups excluding carboxylic acids is 1. The summed E-state index contributed by atoms with van der Waals surface area (Å²) in [7, 11) is 0. The van der Waals surface area contributed by atoms with Gasteiger partial charge >= 0.3 is 6.36 Å². The Kier molecular flexibility index (Phi) is 5.97. The zero-order valence-corrected chi connectivity index (χ0v) is 17.6. The van der Waals surface area contributed by atoms with E-state index in [0.717, 1.165) is 17.5 Å². The number of nitriles is 1. The fraction of sp³-hybridized carbons (Fsp3) is 0.211. The van der Waals surface area contributed by atoms with Crippen LogP contribution in [0.5, 0.6) is 5.75 Å². The number of halogens is 5. The molecule has 2 aromatic carbocycles. The highest BCUT2D eigenvalue weighted by molar-refractivity contribution is 9.10. The first-order chi connectivity index (χ1) is 14.0. The van der Waals surface area contributed by atoms with Crippen LogP contribution < -0.4 is 10.1 Å². The molecule has 1 N–H and O–H groups in total. The van der Waals surface area contributed by atoms with Crippen molar-refractivity contribution in [1.29, 1.82) is 5.26 Å². The average molecular weight is 502 g/mol. The molecule has 3 rings (SSSR count). The van der Waals surface area contributed by atoms with E-state index in [4.69, 9.17) is 11.6 Å². The number of nitrogens with zero attached hydrogens (tertiary/aromatic N) is 3. The van der Waals surface area contributed by atoms with Crippen molar-refractivity contribution in [2.45, 2.75) is 25.4 Å². The summed E-state index contributed by atoms with van der Waals surface area (Å²) >= 11 is 9.43. The molecular weight excluding hydrogens is 489 g/mol. The van der Waals surface area contributed by atoms with E-state index >= 15 is 0 Å². The van der Waals surface area contributed by atoms with Crippen molar-refractivity contribution in [2.75, 3.05) is 0 Å². The zero-order valence-electron chi connectivity index (χ0n) is 15.3. The number of carbonyl (C=O) groups is 1. The molecule has 1 aromatic heterocycles. The van der Waals surface area contributed by atoms with E-state index in [2.05, 4.69) is 31.1 Å². The summed E-state index contributed by atoms with van der Waals surface area (Å²) in [6.45, 7) is 1.55. The second-order valence-electron chi connectivity index (χ2n) is 6.60. The third-order valence-corrected chi connectivity index (χ3v) is 5.43. The van der Waals surface area contributed by atoms with Gasteiger partial charge in [-0.3, -0.25) is 9.48 Å². The SMILES string of the molecule is CC(C#N)(Cn1cc2ccc(Cl)c(Br)c2n1)NC(=O)c1ccc(OC(F)(F)F)cc1. The minimum atomic E-state index is -4.82. The second-order valence-corrected chi connectivity index (χ2v) is 7.80. The summed E-state index contributed by atoms with van der Waals surface area (Å²) < 4.78 is 42.6. The maximum Gasteiger partial charge on any atom is 0.573 e. The predicted octanol–water partition coefficient (Wildman–Crippen LogP) is 5.06. The molecule has 0 aliphatic heterocycles. The largest absolute Gasteiger partial charge is 0.573 e. The molecule has 0 fully saturated rings. The van der Waals surface area contributed by atoms with Crippen LogP contribution in [0.25, 0.3) is 10.9 Å². The molecule has 0 radical (unpaired) electrons. The maximum absolute atomic E-state index is 12.5. The van der Waals surface area contributed by atoms with Gasteiger partial charge in [0.1, 0.15) is 16.8 Å². The van der Waals surface area contributed by atoms with E-state index < -0.39 is 23.6 Å². The Morgan fingerprint density at radius 2 is 1.97 bits per heavy atom. The van der Waals surface area contributed by atoms with Crippen LogP contribution in [0.15, 0.2) is 47.1 Å². The molecule has 0 aliphatic carbocycles. The van der Waals surface area contributed by atoms with Crippen molar-refractivity contribution in [3.8, 4) is 11.8 Å². The summed E-state index contributed by atoms with van der Waals surface area (Å²) in [6.07, 6.45) is -3.11. The van der Waals surface area contributed by atoms with Gasteiger partial charge in [-0.1, -0.05) is 11.6 Å². The van der Waals surface area contributed by atoms with Crippen LogP contribution in [0.4, 0.5) is 13.2 Å². The lowest BCUT2D eigenvalue weighted by atomic mass is 10.0. The number of hydrogen-bond acceptors (Lipinski definition) is 4. The van der Waals surface area contributed by atoms with Gasteiger partial charge in [0.25, 0.3) is 5.91 Å². The summed E-state index contributed by atoms with van der Waals surface area (Å²) in [5.41, 5.74) is -0.656. The Balaban J connectivity index is 1.76. The van der Waals surface area contributed by atoms with Gasteiger partial charge in [-0.25, -0.2) is 0 Å². The molecule has 0 aliphatic rings. The van der Waals surface area contributed by atoms with E-state index in [1.54, 1.807) is 18.3 Å². The molecule has 1 unspecified atom stereocenters. The van der Waals surface area contributed by atoms with E-state index in [-0.39, 0.29) is 12.1 Å². The number of fused-ring (bicyclic) bond motifs is 1. The standard InChI is InChI=1S/C19H13BrClF3N4O2/c1-18(9-25,10-28-8-12-4-7-14(21)15(20)16(12)27-28)26-17(29)11-2-5-13(6-3-11)30-19(22,23)24/h2-8H,10H2,1H3,(H,26,29). The lowest BCUT2D eigenvalue weighted by molar-refractivity contribution is -0.274. The average Bonchev–Trinajstić information content (AvgIpc) is 3.07. The van der Waals surface area contributed by atoms with Crippen LogP contribution in [-0.4, -0.2) is 27.6 Å². The number of alkyl halides is 3. The molecule has 0 bridgehead atoms. The third kappa shape index (κ3) is 5.04. The number of benzene rings is 2. The lowest BCUT2D eigenvalue weighted by Gasteiger charge is -2.23. The fourth-order valence-electron chi connectivity index (χ4n) is 2.72. The smallest absolute Gasteiger partial charge is 0.406 e. The lowest BCUT2D eigenvalue weighted by Crippen LogP contribution is -2.48. The van der Waals surface area contributed by atoms with Crippen molar-refractivity contribution in [3.63, 3.8) is 0 Å². The van der Waals surface area contributed by atoms with Gasteiger partial charge in [0, 0.05) is 17.1 Å². The monoisotopic (exact) mass is 500 g/mol. The molecule has 0 spiro atoms. The van der Waals surface area contributed by atoms with Gasteiger partial charge in [0.2, 0.25) is 0 Å². The molecule has 1 heterocycles. The van der Waals surface area contributed by atoms with Crippen molar-refractivity contribution in [2.24, 2.45) is 0 Å². The predicted molar refractivity (Wildman–Crippen MR) is 107 cm³/mol. The van der Waals surface area contributed by atoms with E-state index in [0.29, 0.717) is 15.0 Å². The Morgan fingerprint density at radius 1 is 1.30 bits per heavy atom. The number of ether oxygens (including phenoxy) is 1. The summed E-state index contributed by atoms with van der Waals surface area (Å²) in [6, 6.07) is 9.91. The molecule has 6 nitrogen and oxygen atoms in total. The Morgan fingerprint density at radius 3 is 2.57 bits per heavy atom. The zero-order chi connectivity index (χ0) is 22.1. The minimum Gasteiger partial charge on any atom is -0.406 e. The summed E-state index contributed by atoms with van der Waals surface area (Å²) in [5.74, 6) is -1.08. The summed E-state index contributed by atoms with van der Waals surface area (Å²) in [5, 5.41) is 17.9. The molecular formula is C19H13BrClF3N4O2. The first-order valence-electron chi connectivity index (χ1n) is 8.40. The van der Waals surface area contributed by atoms with Gasteiger partial charge in [-0.15, -0.1) is 13.2 Å². The molecule has 11 heteroatoms. The van der Waals surface area contributed by atoms with Crippen molar-refractivity contribution in [1.82, 2.24) is 15.1 Å². The van der Waals surface area contributed by atoms with Crippen LogP contribution in [0.1, 0.15) is 17.3 Å². The number of amides is 1. The van der Waals surface area contributed by atoms with Gasteiger partial charge in [-0.05, 0) is 59.3 Å². The number of hydrogen-bond donors (Lipinski definition) is 1. The van der Waals surface area contributed by atoms with E-state index in [1.807, 2.05) is 6.07 Å². The number of nitrogens with one attached hydrogen (secondary N) is 1. The van der Waals surface area contributed by atoms with E-state index in [9.17, 15) is 23.2 Å². The molecule has 30 heavy (non-hydrogen) atoms. The van der Waals surface area contributed by atoms with Gasteiger partial charge < -0.3 is 10.1 Å². The highest BCUT2D eigenvalue weighted by Crippen LogP contribution is 2.30. The highest BCUT2D eigenvalue weighted by atomic mass is 79.9. The molecule has 0 saturated carbocycles. The Bertz CT molecular complexity index is 1140. The molecule has 156 valence electrons. The normalized spacial score (nSPS) is 13.5.